The molecule has 0 bridgehead atoms. The molecule has 95 valence electrons. The quantitative estimate of drug-likeness (QED) is 0.820. The summed E-state index contributed by atoms with van der Waals surface area (Å²) in [5, 5.41) is 8.58. The Balaban J connectivity index is 2.08. The maximum absolute atomic E-state index is 8.58. The van der Waals surface area contributed by atoms with E-state index in [0.29, 0.717) is 23.9 Å². The molecule has 0 unspecified atom stereocenters. The lowest BCUT2D eigenvalue weighted by atomic mass is 10.3. The van der Waals surface area contributed by atoms with Crippen molar-refractivity contribution in [1.29, 1.82) is 5.26 Å². The van der Waals surface area contributed by atoms with Crippen LogP contribution >= 0.6 is 0 Å². The molecule has 1 radical (unpaired) electrons. The summed E-state index contributed by atoms with van der Waals surface area (Å²) in [5.41, 5.74) is 0.575. The average Bonchev–Trinajstić information content (AvgIpc) is 2.42. The minimum absolute atomic E-state index is 0.452. The van der Waals surface area contributed by atoms with E-state index in [1.165, 1.54) is 6.42 Å². The highest BCUT2D eigenvalue weighted by Gasteiger charge is 2.01. The molecule has 0 spiro atoms. The Morgan fingerprint density at radius 2 is 1.89 bits per heavy atom. The second-order valence-electron chi connectivity index (χ2n) is 3.68. The average molecular weight is 253 g/mol. The molecular weight excluding hydrogens is 240 g/mol. The summed E-state index contributed by atoms with van der Waals surface area (Å²) in [7, 11) is 0. The van der Waals surface area contributed by atoms with Gasteiger partial charge in [-0.25, -0.2) is 4.98 Å². The third-order valence-electron chi connectivity index (χ3n) is 2.31. The Morgan fingerprint density at radius 3 is 2.58 bits per heavy atom. The van der Waals surface area contributed by atoms with Crippen molar-refractivity contribution in [1.82, 2.24) is 4.98 Å². The molecule has 19 heavy (non-hydrogen) atoms. The van der Waals surface area contributed by atoms with Crippen LogP contribution in [0.3, 0.4) is 0 Å². The van der Waals surface area contributed by atoms with Crippen LogP contribution in [0, 0.1) is 17.8 Å². The van der Waals surface area contributed by atoms with Gasteiger partial charge in [0.15, 0.2) is 0 Å². The number of aromatic nitrogens is 1. The first-order valence-electron chi connectivity index (χ1n) is 5.92. The van der Waals surface area contributed by atoms with Crippen molar-refractivity contribution >= 4 is 0 Å². The molecule has 4 nitrogen and oxygen atoms in total. The summed E-state index contributed by atoms with van der Waals surface area (Å²) in [5.74, 6) is 1.92. The van der Waals surface area contributed by atoms with Crippen LogP contribution in [-0.2, 0) is 0 Å². The fourth-order valence-corrected chi connectivity index (χ4v) is 1.53. The highest BCUT2D eigenvalue weighted by molar-refractivity contribution is 5.34. The van der Waals surface area contributed by atoms with Crippen LogP contribution in [0.5, 0.6) is 17.4 Å². The van der Waals surface area contributed by atoms with Crippen molar-refractivity contribution in [2.24, 2.45) is 0 Å². The number of nitriles is 1. The topological polar surface area (TPSA) is 55.1 Å². The number of rotatable bonds is 5. The molecule has 2 aromatic rings. The lowest BCUT2D eigenvalue weighted by Crippen LogP contribution is -1.93. The molecule has 0 N–H and O–H groups in total. The Labute approximate surface area is 112 Å². The van der Waals surface area contributed by atoms with E-state index in [1.54, 1.807) is 18.2 Å². The largest absolute Gasteiger partial charge is 0.494 e. The molecule has 1 aromatic heterocycles. The summed E-state index contributed by atoms with van der Waals surface area (Å²) in [6.45, 7) is 2.57. The second-order valence-corrected chi connectivity index (χ2v) is 3.68. The van der Waals surface area contributed by atoms with E-state index >= 15 is 0 Å². The van der Waals surface area contributed by atoms with Gasteiger partial charge in [-0.05, 0) is 37.3 Å². The number of nitrogens with zero attached hydrogens (tertiary/aromatic N) is 2. The molecule has 0 aliphatic rings. The van der Waals surface area contributed by atoms with Gasteiger partial charge in [0.25, 0.3) is 0 Å². The van der Waals surface area contributed by atoms with Crippen molar-refractivity contribution in [3.63, 3.8) is 0 Å². The summed E-state index contributed by atoms with van der Waals surface area (Å²) in [4.78, 5) is 4.19. The van der Waals surface area contributed by atoms with Gasteiger partial charge < -0.3 is 9.47 Å². The minimum Gasteiger partial charge on any atom is -0.494 e. The van der Waals surface area contributed by atoms with E-state index in [9.17, 15) is 0 Å². The Bertz CT molecular complexity index is 573. The van der Waals surface area contributed by atoms with E-state index in [-0.39, 0.29) is 0 Å². The van der Waals surface area contributed by atoms with Gasteiger partial charge >= 0.3 is 0 Å². The smallest absolute Gasteiger partial charge is 0.219 e. The van der Waals surface area contributed by atoms with Gasteiger partial charge in [-0.1, -0.05) is 6.07 Å². The van der Waals surface area contributed by atoms with Crippen molar-refractivity contribution in [2.75, 3.05) is 6.61 Å². The Morgan fingerprint density at radius 1 is 1.16 bits per heavy atom. The Hall–Kier alpha value is -2.54. The maximum Gasteiger partial charge on any atom is 0.219 e. The second kappa shape index (κ2) is 6.41. The summed E-state index contributed by atoms with van der Waals surface area (Å²) < 4.78 is 11.0. The molecule has 2 rings (SSSR count). The standard InChI is InChI=1S/C15H13N2O2/c1-2-18-13-6-8-14(9-7-13)19-15-5-3-4-12(17-15)10-11-16/h3-10H,2H2,1H3. The van der Waals surface area contributed by atoms with Gasteiger partial charge in [0.05, 0.1) is 18.4 Å². The molecule has 1 heterocycles. The van der Waals surface area contributed by atoms with Crippen molar-refractivity contribution < 1.29 is 9.47 Å². The molecular formula is C15H13N2O2. The maximum atomic E-state index is 8.58. The van der Waals surface area contributed by atoms with E-state index in [0.717, 1.165) is 5.75 Å². The normalized spacial score (nSPS) is 9.68. The first kappa shape index (κ1) is 12.9. The number of hydrogen-bond donors (Lipinski definition) is 0. The number of hydrogen-bond acceptors (Lipinski definition) is 4. The molecule has 1 aromatic carbocycles. The summed E-state index contributed by atoms with van der Waals surface area (Å²) in [6.07, 6.45) is 1.37. The molecule has 4 heteroatoms. The number of ether oxygens (including phenoxy) is 2. The van der Waals surface area contributed by atoms with Crippen LogP contribution in [-0.4, -0.2) is 11.6 Å². The lowest BCUT2D eigenvalue weighted by Gasteiger charge is -2.07. The van der Waals surface area contributed by atoms with Gasteiger partial charge in [0.1, 0.15) is 17.9 Å². The third kappa shape index (κ3) is 3.71. The number of benzene rings is 1. The minimum atomic E-state index is 0.452. The van der Waals surface area contributed by atoms with E-state index < -0.39 is 0 Å². The van der Waals surface area contributed by atoms with Crippen LogP contribution in [0.15, 0.2) is 42.5 Å². The third-order valence-corrected chi connectivity index (χ3v) is 2.31. The van der Waals surface area contributed by atoms with Gasteiger partial charge in [0, 0.05) is 6.07 Å². The molecule has 0 aliphatic carbocycles. The fraction of sp³-hybridized carbons (Fsp3) is 0.133. The van der Waals surface area contributed by atoms with Gasteiger partial charge in [-0.15, -0.1) is 0 Å². The molecule has 0 aliphatic heterocycles. The van der Waals surface area contributed by atoms with Crippen LogP contribution in [0.4, 0.5) is 0 Å². The summed E-state index contributed by atoms with van der Waals surface area (Å²) in [6, 6.07) is 14.5. The first-order chi connectivity index (χ1) is 9.31. The predicted octanol–water partition coefficient (Wildman–Crippen LogP) is 3.35. The fourth-order valence-electron chi connectivity index (χ4n) is 1.53. The highest BCUT2D eigenvalue weighted by atomic mass is 16.5. The van der Waals surface area contributed by atoms with Crippen LogP contribution in [0.1, 0.15) is 12.6 Å². The van der Waals surface area contributed by atoms with E-state index in [4.69, 9.17) is 14.7 Å². The van der Waals surface area contributed by atoms with Crippen LogP contribution < -0.4 is 9.47 Å². The van der Waals surface area contributed by atoms with E-state index in [2.05, 4.69) is 4.98 Å². The monoisotopic (exact) mass is 253 g/mol. The lowest BCUT2D eigenvalue weighted by molar-refractivity contribution is 0.339. The van der Waals surface area contributed by atoms with E-state index in [1.807, 2.05) is 37.3 Å². The molecule has 0 fully saturated rings. The SMILES string of the molecule is CCOc1ccc(Oc2cccc([CH]C#N)n2)cc1. The van der Waals surface area contributed by atoms with Crippen molar-refractivity contribution in [2.45, 2.75) is 6.92 Å². The molecule has 0 atom stereocenters. The van der Waals surface area contributed by atoms with Gasteiger partial charge in [-0.2, -0.15) is 5.26 Å². The van der Waals surface area contributed by atoms with Crippen molar-refractivity contribution in [3.05, 3.63) is 54.6 Å². The zero-order valence-corrected chi connectivity index (χ0v) is 10.5. The molecule has 0 saturated carbocycles. The van der Waals surface area contributed by atoms with Crippen LogP contribution in [0.2, 0.25) is 0 Å². The zero-order valence-electron chi connectivity index (χ0n) is 10.5. The van der Waals surface area contributed by atoms with Crippen molar-refractivity contribution in [3.8, 4) is 23.4 Å². The van der Waals surface area contributed by atoms with Gasteiger partial charge in [-0.3, -0.25) is 0 Å². The predicted molar refractivity (Wildman–Crippen MR) is 70.9 cm³/mol. The summed E-state index contributed by atoms with van der Waals surface area (Å²) >= 11 is 0. The van der Waals surface area contributed by atoms with Gasteiger partial charge in [0.2, 0.25) is 5.88 Å². The van der Waals surface area contributed by atoms with Crippen LogP contribution in [0.25, 0.3) is 0 Å². The highest BCUT2D eigenvalue weighted by Crippen LogP contribution is 2.22. The Kier molecular flexibility index (Phi) is 4.35. The number of pyridine rings is 1. The molecule has 0 saturated heterocycles. The first-order valence-corrected chi connectivity index (χ1v) is 5.92. The molecule has 0 amide bonds. The zero-order chi connectivity index (χ0) is 13.5.